The predicted octanol–water partition coefficient (Wildman–Crippen LogP) is 3.67. The number of carbonyl (C=O) groups is 1. The van der Waals surface area contributed by atoms with Crippen LogP contribution in [0.4, 0.5) is 4.79 Å². The first-order valence-corrected chi connectivity index (χ1v) is 10.2. The summed E-state index contributed by atoms with van der Waals surface area (Å²) >= 11 is 0. The van der Waals surface area contributed by atoms with Crippen molar-refractivity contribution in [3.8, 4) is 11.1 Å². The number of nitrogens with one attached hydrogen (secondary N) is 1. The van der Waals surface area contributed by atoms with Gasteiger partial charge in [-0.1, -0.05) is 59.8 Å². The van der Waals surface area contributed by atoms with Gasteiger partial charge in [-0.25, -0.2) is 4.79 Å². The van der Waals surface area contributed by atoms with E-state index in [4.69, 9.17) is 9.57 Å². The summed E-state index contributed by atoms with van der Waals surface area (Å²) in [7, 11) is 0. The van der Waals surface area contributed by atoms with E-state index in [0.717, 1.165) is 17.7 Å². The van der Waals surface area contributed by atoms with Crippen LogP contribution in [0.3, 0.4) is 0 Å². The summed E-state index contributed by atoms with van der Waals surface area (Å²) in [6.45, 7) is 4.41. The van der Waals surface area contributed by atoms with Crippen molar-refractivity contribution in [1.82, 2.24) is 10.2 Å². The molecule has 2 amide bonds. The molecule has 0 unspecified atom stereocenters. The Balaban J connectivity index is 1.29. The molecular formula is C23H27N3O3. The minimum atomic E-state index is -0.138. The van der Waals surface area contributed by atoms with Crippen LogP contribution < -0.4 is 5.32 Å². The normalized spacial score (nSPS) is 21.8. The molecule has 0 saturated carbocycles. The zero-order chi connectivity index (χ0) is 20.1. The maximum absolute atomic E-state index is 12.5. The monoisotopic (exact) mass is 393 g/mol. The van der Waals surface area contributed by atoms with Crippen LogP contribution in [0.1, 0.15) is 25.3 Å². The Morgan fingerprint density at radius 2 is 1.79 bits per heavy atom. The highest BCUT2D eigenvalue weighted by molar-refractivity contribution is 6.01. The van der Waals surface area contributed by atoms with Crippen molar-refractivity contribution in [2.24, 2.45) is 5.16 Å². The van der Waals surface area contributed by atoms with Crippen molar-refractivity contribution in [2.45, 2.75) is 31.9 Å². The molecule has 0 radical (unpaired) electrons. The lowest BCUT2D eigenvalue weighted by Gasteiger charge is -2.27. The molecule has 2 atom stereocenters. The van der Waals surface area contributed by atoms with Gasteiger partial charge in [-0.3, -0.25) is 0 Å². The van der Waals surface area contributed by atoms with E-state index >= 15 is 0 Å². The summed E-state index contributed by atoms with van der Waals surface area (Å²) in [6, 6.07) is 18.8. The molecule has 2 aromatic rings. The number of urea groups is 1. The average Bonchev–Trinajstić information content (AvgIpc) is 3.14. The van der Waals surface area contributed by atoms with Gasteiger partial charge in [0.25, 0.3) is 0 Å². The van der Waals surface area contributed by atoms with Crippen LogP contribution in [0.5, 0.6) is 0 Å². The van der Waals surface area contributed by atoms with Crippen LogP contribution in [0.15, 0.2) is 59.8 Å². The zero-order valence-corrected chi connectivity index (χ0v) is 16.7. The number of oxime groups is 1. The van der Waals surface area contributed by atoms with E-state index in [1.807, 2.05) is 23.1 Å². The number of rotatable bonds is 4. The molecule has 152 valence electrons. The van der Waals surface area contributed by atoms with E-state index in [2.05, 4.69) is 53.8 Å². The van der Waals surface area contributed by atoms with Gasteiger partial charge in [0.05, 0.1) is 18.9 Å². The predicted molar refractivity (Wildman–Crippen MR) is 113 cm³/mol. The van der Waals surface area contributed by atoms with Crippen LogP contribution in [0.25, 0.3) is 11.1 Å². The molecule has 0 aliphatic carbocycles. The van der Waals surface area contributed by atoms with Crippen molar-refractivity contribution in [3.05, 3.63) is 60.2 Å². The van der Waals surface area contributed by atoms with Crippen LogP contribution in [-0.2, 0) is 9.57 Å². The van der Waals surface area contributed by atoms with E-state index in [1.54, 1.807) is 0 Å². The first kappa shape index (κ1) is 19.5. The molecular weight excluding hydrogens is 366 g/mol. The Labute approximate surface area is 171 Å². The van der Waals surface area contributed by atoms with E-state index in [9.17, 15) is 4.79 Å². The lowest BCUT2D eigenvalue weighted by molar-refractivity contribution is 0.0839. The van der Waals surface area contributed by atoms with Crippen LogP contribution >= 0.6 is 0 Å². The Morgan fingerprint density at radius 3 is 2.59 bits per heavy atom. The zero-order valence-electron chi connectivity index (χ0n) is 16.7. The highest BCUT2D eigenvalue weighted by Crippen LogP contribution is 2.22. The summed E-state index contributed by atoms with van der Waals surface area (Å²) in [5, 5.41) is 7.23. The molecule has 6 heteroatoms. The Hall–Kier alpha value is -2.86. The highest BCUT2D eigenvalue weighted by Gasteiger charge is 2.26. The lowest BCUT2D eigenvalue weighted by atomic mass is 10.0. The molecule has 2 aliphatic heterocycles. The summed E-state index contributed by atoms with van der Waals surface area (Å²) in [6.07, 6.45) is 1.41. The second-order valence-corrected chi connectivity index (χ2v) is 7.54. The minimum Gasteiger partial charge on any atom is -0.390 e. The van der Waals surface area contributed by atoms with Gasteiger partial charge in [-0.15, -0.1) is 0 Å². The first-order chi connectivity index (χ1) is 14.2. The topological polar surface area (TPSA) is 63.2 Å². The Bertz CT molecular complexity index is 851. The van der Waals surface area contributed by atoms with Gasteiger partial charge in [-0.2, -0.15) is 0 Å². The van der Waals surface area contributed by atoms with Crippen molar-refractivity contribution in [1.29, 1.82) is 0 Å². The van der Waals surface area contributed by atoms with Gasteiger partial charge >= 0.3 is 6.03 Å². The Kier molecular flexibility index (Phi) is 6.10. The third-order valence-electron chi connectivity index (χ3n) is 5.49. The van der Waals surface area contributed by atoms with E-state index in [-0.39, 0.29) is 18.2 Å². The minimum absolute atomic E-state index is 0.0627. The average molecular weight is 393 g/mol. The van der Waals surface area contributed by atoms with Crippen LogP contribution in [0.2, 0.25) is 0 Å². The van der Waals surface area contributed by atoms with Crippen molar-refractivity contribution in [2.75, 3.05) is 26.3 Å². The smallest absolute Gasteiger partial charge is 0.317 e. The van der Waals surface area contributed by atoms with Crippen molar-refractivity contribution in [3.63, 3.8) is 0 Å². The van der Waals surface area contributed by atoms with E-state index in [1.165, 1.54) is 11.1 Å². The maximum atomic E-state index is 12.5. The molecule has 1 N–H and O–H groups in total. The molecule has 2 heterocycles. The van der Waals surface area contributed by atoms with Gasteiger partial charge in [-0.05, 0) is 30.0 Å². The molecule has 29 heavy (non-hydrogen) atoms. The van der Waals surface area contributed by atoms with Gasteiger partial charge in [0.1, 0.15) is 0 Å². The largest absolute Gasteiger partial charge is 0.390 e. The fraction of sp³-hybridized carbons (Fsp3) is 0.391. The van der Waals surface area contributed by atoms with Gasteiger partial charge < -0.3 is 19.8 Å². The maximum Gasteiger partial charge on any atom is 0.317 e. The molecule has 0 aromatic heterocycles. The molecule has 4 rings (SSSR count). The number of hydrogen-bond donors (Lipinski definition) is 1. The second kappa shape index (κ2) is 9.09. The number of ether oxygens (including phenoxy) is 1. The number of amides is 2. The fourth-order valence-corrected chi connectivity index (χ4v) is 3.69. The number of benzene rings is 2. The summed E-state index contributed by atoms with van der Waals surface area (Å²) < 4.78 is 5.46. The van der Waals surface area contributed by atoms with Crippen LogP contribution in [-0.4, -0.2) is 55.1 Å². The molecule has 6 nitrogen and oxygen atoms in total. The number of carbonyl (C=O) groups excluding carboxylic acids is 1. The van der Waals surface area contributed by atoms with Gasteiger partial charge in [0, 0.05) is 25.6 Å². The first-order valence-electron chi connectivity index (χ1n) is 10.2. The van der Waals surface area contributed by atoms with Crippen molar-refractivity contribution >= 4 is 11.7 Å². The molecule has 1 fully saturated rings. The second-order valence-electron chi connectivity index (χ2n) is 7.54. The molecule has 0 spiro atoms. The standard InChI is InChI=1S/C23H27N3O3/c1-17-11-13-28-14-12-26(17)23(27)24-16-21-15-22(25-29-21)20-9-7-19(8-10-20)18-5-3-2-4-6-18/h2-10,17,21H,11-16H2,1H3,(H,24,27)/t17-,21+/m1/s1. The number of hydrogen-bond acceptors (Lipinski definition) is 4. The van der Waals surface area contributed by atoms with E-state index < -0.39 is 0 Å². The van der Waals surface area contributed by atoms with Gasteiger partial charge in [0.2, 0.25) is 0 Å². The molecule has 2 aliphatic rings. The Morgan fingerprint density at radius 1 is 1.07 bits per heavy atom. The fourth-order valence-electron chi connectivity index (χ4n) is 3.69. The summed E-state index contributed by atoms with van der Waals surface area (Å²) in [5.74, 6) is 0. The molecule has 0 bridgehead atoms. The van der Waals surface area contributed by atoms with E-state index in [0.29, 0.717) is 32.7 Å². The molecule has 1 saturated heterocycles. The summed E-state index contributed by atoms with van der Waals surface area (Å²) in [5.41, 5.74) is 4.34. The quantitative estimate of drug-likeness (QED) is 0.862. The third-order valence-corrected chi connectivity index (χ3v) is 5.49. The SMILES string of the molecule is C[C@@H]1CCOCCN1C(=O)NC[C@@H]1CC(c2ccc(-c3ccccc3)cc2)=NO1. The van der Waals surface area contributed by atoms with Crippen LogP contribution in [0, 0.1) is 0 Å². The van der Waals surface area contributed by atoms with Crippen molar-refractivity contribution < 1.29 is 14.4 Å². The number of nitrogens with zero attached hydrogens (tertiary/aromatic N) is 2. The highest BCUT2D eigenvalue weighted by atomic mass is 16.6. The van der Waals surface area contributed by atoms with Gasteiger partial charge in [0.15, 0.2) is 6.10 Å². The summed E-state index contributed by atoms with van der Waals surface area (Å²) in [4.78, 5) is 19.9. The lowest BCUT2D eigenvalue weighted by Crippen LogP contribution is -2.47. The molecule has 2 aromatic carbocycles. The third kappa shape index (κ3) is 4.77.